The number of nitrogens with two attached hydrogens (primary N) is 1. The lowest BCUT2D eigenvalue weighted by Crippen LogP contribution is -2.39. The van der Waals surface area contributed by atoms with Gasteiger partial charge in [-0.2, -0.15) is 4.98 Å². The van der Waals surface area contributed by atoms with E-state index in [0.717, 1.165) is 12.0 Å². The van der Waals surface area contributed by atoms with E-state index in [1.807, 2.05) is 0 Å². The summed E-state index contributed by atoms with van der Waals surface area (Å²) in [6, 6.07) is 8.77. The standard InChI is InChI=1S/C23H26FN7O4/c1-30(2)21(32)13-33-15-3-5-16(6-4-15)34-20-11-19(27-14-28-20)31-9-7-17(8-10-31)35-23-26-12-18(24)22(25)29-23/h3-6,11-12,14,17H,7-10,13H2,1-2H3,(H2,25,26,29). The number of carbonyl (C=O) groups is 1. The summed E-state index contributed by atoms with van der Waals surface area (Å²) in [5, 5.41) is 0. The number of amides is 1. The van der Waals surface area contributed by atoms with Gasteiger partial charge >= 0.3 is 6.01 Å². The first kappa shape index (κ1) is 23.9. The normalized spacial score (nSPS) is 13.9. The molecule has 1 saturated heterocycles. The van der Waals surface area contributed by atoms with Gasteiger partial charge in [0.1, 0.15) is 29.7 Å². The second-order valence-electron chi connectivity index (χ2n) is 8.05. The molecule has 12 heteroatoms. The molecule has 0 unspecified atom stereocenters. The molecular formula is C23H26FN7O4. The number of likely N-dealkylation sites (N-methyl/N-ethyl adjacent to an activating group) is 1. The van der Waals surface area contributed by atoms with Crippen molar-refractivity contribution in [3.05, 3.63) is 48.7 Å². The first-order valence-corrected chi connectivity index (χ1v) is 11.0. The molecule has 3 heterocycles. The predicted molar refractivity (Wildman–Crippen MR) is 125 cm³/mol. The number of hydrogen-bond donors (Lipinski definition) is 1. The number of carbonyl (C=O) groups excluding carboxylic acids is 1. The first-order valence-electron chi connectivity index (χ1n) is 11.0. The molecule has 0 bridgehead atoms. The van der Waals surface area contributed by atoms with Crippen LogP contribution in [0.3, 0.4) is 0 Å². The Kier molecular flexibility index (Phi) is 7.38. The molecule has 0 spiro atoms. The molecule has 3 aromatic rings. The molecule has 35 heavy (non-hydrogen) atoms. The van der Waals surface area contributed by atoms with Crippen molar-refractivity contribution in [1.82, 2.24) is 24.8 Å². The lowest BCUT2D eigenvalue weighted by atomic mass is 10.1. The molecule has 1 aliphatic heterocycles. The van der Waals surface area contributed by atoms with Crippen LogP contribution in [0.5, 0.6) is 23.4 Å². The van der Waals surface area contributed by atoms with Gasteiger partial charge in [0.05, 0.1) is 6.20 Å². The number of halogens is 1. The molecule has 4 rings (SSSR count). The molecule has 2 N–H and O–H groups in total. The van der Waals surface area contributed by atoms with Crippen molar-refractivity contribution in [2.45, 2.75) is 18.9 Å². The number of ether oxygens (including phenoxy) is 3. The second kappa shape index (κ2) is 10.8. The van der Waals surface area contributed by atoms with E-state index in [1.54, 1.807) is 44.4 Å². The summed E-state index contributed by atoms with van der Waals surface area (Å²) in [7, 11) is 3.35. The van der Waals surface area contributed by atoms with Crippen LogP contribution >= 0.6 is 0 Å². The topological polar surface area (TPSA) is 129 Å². The van der Waals surface area contributed by atoms with Crippen molar-refractivity contribution in [2.24, 2.45) is 0 Å². The zero-order chi connectivity index (χ0) is 24.8. The summed E-state index contributed by atoms with van der Waals surface area (Å²) in [5.41, 5.74) is 5.47. The van der Waals surface area contributed by atoms with E-state index < -0.39 is 5.82 Å². The van der Waals surface area contributed by atoms with Gasteiger partial charge in [-0.05, 0) is 24.3 Å². The number of nitrogen functional groups attached to an aromatic ring is 1. The molecule has 0 atom stereocenters. The van der Waals surface area contributed by atoms with Gasteiger partial charge < -0.3 is 29.7 Å². The Morgan fingerprint density at radius 3 is 2.54 bits per heavy atom. The van der Waals surface area contributed by atoms with Crippen LogP contribution in [0, 0.1) is 5.82 Å². The maximum atomic E-state index is 13.2. The average Bonchev–Trinajstić information content (AvgIpc) is 2.86. The fourth-order valence-corrected chi connectivity index (χ4v) is 3.33. The average molecular weight is 484 g/mol. The molecule has 2 aromatic heterocycles. The van der Waals surface area contributed by atoms with E-state index in [9.17, 15) is 9.18 Å². The van der Waals surface area contributed by atoms with Crippen LogP contribution in [0.15, 0.2) is 42.9 Å². The molecule has 0 radical (unpaired) electrons. The summed E-state index contributed by atoms with van der Waals surface area (Å²) in [4.78, 5) is 31.4. The van der Waals surface area contributed by atoms with Crippen LogP contribution in [0.25, 0.3) is 0 Å². The van der Waals surface area contributed by atoms with E-state index in [-0.39, 0.29) is 30.4 Å². The van der Waals surface area contributed by atoms with E-state index in [1.165, 1.54) is 11.2 Å². The molecule has 1 fully saturated rings. The van der Waals surface area contributed by atoms with E-state index in [4.69, 9.17) is 19.9 Å². The van der Waals surface area contributed by atoms with E-state index in [2.05, 4.69) is 24.8 Å². The van der Waals surface area contributed by atoms with Gasteiger partial charge in [0.25, 0.3) is 5.91 Å². The van der Waals surface area contributed by atoms with Gasteiger partial charge in [-0.3, -0.25) is 4.79 Å². The lowest BCUT2D eigenvalue weighted by molar-refractivity contribution is -0.130. The van der Waals surface area contributed by atoms with Crippen molar-refractivity contribution in [3.63, 3.8) is 0 Å². The van der Waals surface area contributed by atoms with Crippen LogP contribution < -0.4 is 24.8 Å². The molecule has 11 nitrogen and oxygen atoms in total. The van der Waals surface area contributed by atoms with Crippen molar-refractivity contribution >= 4 is 17.5 Å². The summed E-state index contributed by atoms with van der Waals surface area (Å²) in [6.45, 7) is 1.35. The maximum Gasteiger partial charge on any atom is 0.318 e. The van der Waals surface area contributed by atoms with Gasteiger partial charge in [0.15, 0.2) is 18.2 Å². The summed E-state index contributed by atoms with van der Waals surface area (Å²) < 4.78 is 30.3. The number of nitrogens with zero attached hydrogens (tertiary/aromatic N) is 6. The van der Waals surface area contributed by atoms with Crippen molar-refractivity contribution in [3.8, 4) is 23.4 Å². The van der Waals surface area contributed by atoms with Gasteiger partial charge in [-0.25, -0.2) is 19.3 Å². The van der Waals surface area contributed by atoms with Crippen LogP contribution in [0.2, 0.25) is 0 Å². The molecule has 0 aliphatic carbocycles. The van der Waals surface area contributed by atoms with Crippen LogP contribution in [0.4, 0.5) is 16.0 Å². The third-order valence-corrected chi connectivity index (χ3v) is 5.32. The molecule has 1 amide bonds. The highest BCUT2D eigenvalue weighted by Gasteiger charge is 2.23. The highest BCUT2D eigenvalue weighted by atomic mass is 19.1. The lowest BCUT2D eigenvalue weighted by Gasteiger charge is -2.32. The van der Waals surface area contributed by atoms with Gasteiger partial charge in [-0.15, -0.1) is 0 Å². The van der Waals surface area contributed by atoms with Crippen LogP contribution in [-0.4, -0.2) is 70.6 Å². The van der Waals surface area contributed by atoms with E-state index in [0.29, 0.717) is 43.3 Å². The number of benzene rings is 1. The number of anilines is 2. The number of aromatic nitrogens is 4. The minimum Gasteiger partial charge on any atom is -0.484 e. The number of hydrogen-bond acceptors (Lipinski definition) is 10. The minimum absolute atomic E-state index is 0.0326. The molecule has 1 aromatic carbocycles. The fourth-order valence-electron chi connectivity index (χ4n) is 3.33. The monoisotopic (exact) mass is 483 g/mol. The fraction of sp³-hybridized carbons (Fsp3) is 0.348. The Bertz CT molecular complexity index is 1150. The Morgan fingerprint density at radius 2 is 1.86 bits per heavy atom. The Balaban J connectivity index is 1.30. The summed E-state index contributed by atoms with van der Waals surface area (Å²) in [5.74, 6) is 1.25. The third kappa shape index (κ3) is 6.43. The Morgan fingerprint density at radius 1 is 1.14 bits per heavy atom. The first-order chi connectivity index (χ1) is 16.9. The quantitative estimate of drug-likeness (QED) is 0.509. The number of rotatable bonds is 8. The highest BCUT2D eigenvalue weighted by molar-refractivity contribution is 5.77. The summed E-state index contributed by atoms with van der Waals surface area (Å²) >= 11 is 0. The van der Waals surface area contributed by atoms with Crippen LogP contribution in [-0.2, 0) is 4.79 Å². The molecule has 0 saturated carbocycles. The third-order valence-electron chi connectivity index (χ3n) is 5.32. The zero-order valence-corrected chi connectivity index (χ0v) is 19.4. The second-order valence-corrected chi connectivity index (χ2v) is 8.05. The predicted octanol–water partition coefficient (Wildman–Crippen LogP) is 2.29. The molecule has 1 aliphatic rings. The van der Waals surface area contributed by atoms with Crippen molar-refractivity contribution < 1.29 is 23.4 Å². The molecular weight excluding hydrogens is 457 g/mol. The van der Waals surface area contributed by atoms with Gasteiger partial charge in [-0.1, -0.05) is 0 Å². The van der Waals surface area contributed by atoms with Crippen molar-refractivity contribution in [2.75, 3.05) is 44.4 Å². The van der Waals surface area contributed by atoms with Gasteiger partial charge in [0.2, 0.25) is 5.88 Å². The Labute approximate surface area is 201 Å². The molecule has 184 valence electrons. The Hall–Kier alpha value is -4.22. The smallest absolute Gasteiger partial charge is 0.318 e. The summed E-state index contributed by atoms with van der Waals surface area (Å²) in [6.07, 6.45) is 3.76. The maximum absolute atomic E-state index is 13.2. The minimum atomic E-state index is -0.672. The number of piperidine rings is 1. The van der Waals surface area contributed by atoms with E-state index >= 15 is 0 Å². The van der Waals surface area contributed by atoms with Crippen molar-refractivity contribution in [1.29, 1.82) is 0 Å². The SMILES string of the molecule is CN(C)C(=O)COc1ccc(Oc2cc(N3CCC(Oc4ncc(F)c(N)n4)CC3)ncn2)cc1. The largest absolute Gasteiger partial charge is 0.484 e. The van der Waals surface area contributed by atoms with Crippen LogP contribution in [0.1, 0.15) is 12.8 Å². The van der Waals surface area contributed by atoms with Gasteiger partial charge in [0, 0.05) is 46.1 Å². The zero-order valence-electron chi connectivity index (χ0n) is 19.4. The highest BCUT2D eigenvalue weighted by Crippen LogP contribution is 2.26.